The fourth-order valence-corrected chi connectivity index (χ4v) is 7.56. The molecule has 0 atom stereocenters. The van der Waals surface area contributed by atoms with Gasteiger partial charge in [-0.2, -0.15) is 0 Å². The predicted octanol–water partition coefficient (Wildman–Crippen LogP) is 13.7. The van der Waals surface area contributed by atoms with Crippen molar-refractivity contribution in [1.29, 1.82) is 0 Å². The molecular formula is C50H33NO2. The second kappa shape index (κ2) is 13.0. The Morgan fingerprint density at radius 1 is 0.472 bits per heavy atom. The third kappa shape index (κ3) is 5.69. The molecular weight excluding hydrogens is 647 g/mol. The molecule has 0 amide bonds. The highest BCUT2D eigenvalue weighted by molar-refractivity contribution is 6.12. The van der Waals surface area contributed by atoms with Gasteiger partial charge in [0.2, 0.25) is 0 Å². The second-order valence-electron chi connectivity index (χ2n) is 13.5. The van der Waals surface area contributed by atoms with Crippen molar-refractivity contribution in [2.24, 2.45) is 4.99 Å². The lowest BCUT2D eigenvalue weighted by Gasteiger charge is -2.10. The molecule has 53 heavy (non-hydrogen) atoms. The van der Waals surface area contributed by atoms with Gasteiger partial charge in [-0.25, -0.2) is 0 Å². The van der Waals surface area contributed by atoms with Crippen LogP contribution in [0.2, 0.25) is 0 Å². The second-order valence-corrected chi connectivity index (χ2v) is 13.5. The number of para-hydroxylation sites is 4. The van der Waals surface area contributed by atoms with Crippen LogP contribution >= 0.6 is 0 Å². The number of allylic oxidation sites excluding steroid dienone is 1. The van der Waals surface area contributed by atoms with Crippen molar-refractivity contribution in [3.8, 4) is 22.3 Å². The van der Waals surface area contributed by atoms with Crippen LogP contribution in [0.3, 0.4) is 0 Å². The van der Waals surface area contributed by atoms with Gasteiger partial charge in [0.1, 0.15) is 22.3 Å². The summed E-state index contributed by atoms with van der Waals surface area (Å²) < 4.78 is 13.1. The van der Waals surface area contributed by atoms with E-state index < -0.39 is 0 Å². The number of furan rings is 2. The maximum Gasteiger partial charge on any atom is 0.143 e. The van der Waals surface area contributed by atoms with Crippen molar-refractivity contribution in [3.63, 3.8) is 0 Å². The maximum atomic E-state index is 6.53. The average Bonchev–Trinajstić information content (AvgIpc) is 3.80. The summed E-state index contributed by atoms with van der Waals surface area (Å²) in [6.07, 6.45) is 4.98. The zero-order chi connectivity index (χ0) is 35.1. The van der Waals surface area contributed by atoms with E-state index in [9.17, 15) is 0 Å². The van der Waals surface area contributed by atoms with Gasteiger partial charge in [-0.15, -0.1) is 0 Å². The summed E-state index contributed by atoms with van der Waals surface area (Å²) in [5, 5.41) is 6.90. The van der Waals surface area contributed by atoms with Crippen molar-refractivity contribution < 1.29 is 8.83 Å². The highest BCUT2D eigenvalue weighted by Crippen LogP contribution is 2.40. The van der Waals surface area contributed by atoms with Crippen LogP contribution in [0.1, 0.15) is 16.7 Å². The lowest BCUT2D eigenvalue weighted by Crippen LogP contribution is -1.91. The SMILES string of the molecule is C(/Cc1ccc2ccccc2c1)=C(/N=C/c1cc(-c2cccc3c2oc2ccccc23)cc(-c2cccc3c2oc2ccccc23)c1)c1ccccc1. The molecule has 0 aliphatic heterocycles. The van der Waals surface area contributed by atoms with Crippen molar-refractivity contribution in [2.75, 3.05) is 0 Å². The minimum absolute atomic E-state index is 0.764. The van der Waals surface area contributed by atoms with Gasteiger partial charge >= 0.3 is 0 Å². The van der Waals surface area contributed by atoms with Gasteiger partial charge in [0.15, 0.2) is 0 Å². The van der Waals surface area contributed by atoms with Crippen LogP contribution in [-0.4, -0.2) is 6.21 Å². The summed E-state index contributed by atoms with van der Waals surface area (Å²) in [5.74, 6) is 0. The predicted molar refractivity (Wildman–Crippen MR) is 222 cm³/mol. The molecule has 0 fully saturated rings. The molecule has 0 saturated carbocycles. The van der Waals surface area contributed by atoms with Crippen LogP contribution in [0.4, 0.5) is 0 Å². The monoisotopic (exact) mass is 679 g/mol. The van der Waals surface area contributed by atoms with Crippen LogP contribution in [0.5, 0.6) is 0 Å². The lowest BCUT2D eigenvalue weighted by atomic mass is 9.94. The average molecular weight is 680 g/mol. The Balaban J connectivity index is 1.13. The van der Waals surface area contributed by atoms with Gasteiger partial charge in [0.05, 0.1) is 5.70 Å². The van der Waals surface area contributed by atoms with E-state index in [1.165, 1.54) is 16.3 Å². The van der Waals surface area contributed by atoms with E-state index in [0.717, 1.165) is 89.4 Å². The molecule has 0 radical (unpaired) electrons. The standard InChI is InChI=1S/C50H33NO2/c1-2-13-36(14-3-1)46(27-25-33-24-26-35-12-4-5-15-37(35)28-33)51-32-34-29-38(40-18-10-20-44-42-16-6-8-22-47(42)52-49(40)44)31-39(30-34)41-19-11-21-45-43-17-7-9-23-48(43)53-50(41)45/h1-24,26-32H,25H2/b46-27-,51-32+. The molecule has 0 saturated heterocycles. The van der Waals surface area contributed by atoms with Crippen molar-refractivity contribution in [2.45, 2.75) is 6.42 Å². The molecule has 0 aliphatic rings. The number of rotatable bonds is 7. The third-order valence-corrected chi connectivity index (χ3v) is 10.2. The van der Waals surface area contributed by atoms with Gasteiger partial charge in [-0.3, -0.25) is 4.99 Å². The number of hydrogen-bond acceptors (Lipinski definition) is 3. The summed E-state index contributed by atoms with van der Waals surface area (Å²) in [4.78, 5) is 5.19. The molecule has 10 aromatic rings. The van der Waals surface area contributed by atoms with E-state index in [-0.39, 0.29) is 0 Å². The van der Waals surface area contributed by atoms with Crippen LogP contribution in [0, 0.1) is 0 Å². The quantitative estimate of drug-likeness (QED) is 0.157. The molecule has 2 heterocycles. The van der Waals surface area contributed by atoms with E-state index in [0.29, 0.717) is 0 Å². The molecule has 3 heteroatoms. The fraction of sp³-hybridized carbons (Fsp3) is 0.0200. The van der Waals surface area contributed by atoms with Crippen LogP contribution in [-0.2, 0) is 6.42 Å². The van der Waals surface area contributed by atoms with Crippen molar-refractivity contribution in [1.82, 2.24) is 0 Å². The third-order valence-electron chi connectivity index (χ3n) is 10.2. The smallest absolute Gasteiger partial charge is 0.143 e. The minimum atomic E-state index is 0.764. The van der Waals surface area contributed by atoms with E-state index in [1.807, 2.05) is 36.5 Å². The molecule has 0 spiro atoms. The Bertz CT molecular complexity index is 2900. The molecule has 0 aliphatic carbocycles. The summed E-state index contributed by atoms with van der Waals surface area (Å²) in [6, 6.07) is 61.5. The summed E-state index contributed by atoms with van der Waals surface area (Å²) >= 11 is 0. The number of aliphatic imine (C=N–C) groups is 1. The van der Waals surface area contributed by atoms with Crippen LogP contribution in [0.25, 0.3) is 82.6 Å². The highest BCUT2D eigenvalue weighted by Gasteiger charge is 2.16. The Morgan fingerprint density at radius 3 is 1.70 bits per heavy atom. The van der Waals surface area contributed by atoms with Gasteiger partial charge < -0.3 is 8.83 Å². The Kier molecular flexibility index (Phi) is 7.54. The van der Waals surface area contributed by atoms with Crippen molar-refractivity contribution in [3.05, 3.63) is 199 Å². The van der Waals surface area contributed by atoms with E-state index in [1.54, 1.807) is 0 Å². The van der Waals surface area contributed by atoms with Gasteiger partial charge in [0.25, 0.3) is 0 Å². The molecule has 0 N–H and O–H groups in total. The number of hydrogen-bond donors (Lipinski definition) is 0. The number of nitrogens with zero attached hydrogens (tertiary/aromatic N) is 1. The van der Waals surface area contributed by atoms with Gasteiger partial charge in [-0.1, -0.05) is 152 Å². The summed E-state index contributed by atoms with van der Waals surface area (Å²) in [6.45, 7) is 0. The van der Waals surface area contributed by atoms with Gasteiger partial charge in [-0.05, 0) is 75.3 Å². The zero-order valence-corrected chi connectivity index (χ0v) is 28.9. The Hall–Kier alpha value is -6.97. The summed E-state index contributed by atoms with van der Waals surface area (Å²) in [7, 11) is 0. The van der Waals surface area contributed by atoms with Crippen LogP contribution in [0.15, 0.2) is 196 Å². The Labute approximate surface area is 306 Å². The fourth-order valence-electron chi connectivity index (χ4n) is 7.56. The molecule has 3 nitrogen and oxygen atoms in total. The van der Waals surface area contributed by atoms with E-state index in [2.05, 4.69) is 152 Å². The molecule has 0 unspecified atom stereocenters. The lowest BCUT2D eigenvalue weighted by molar-refractivity contribution is 0.670. The molecule has 250 valence electrons. The van der Waals surface area contributed by atoms with E-state index in [4.69, 9.17) is 13.8 Å². The molecule has 10 rings (SSSR count). The molecule has 8 aromatic carbocycles. The topological polar surface area (TPSA) is 38.6 Å². The first-order chi connectivity index (χ1) is 26.2. The first-order valence-corrected chi connectivity index (χ1v) is 18.0. The molecule has 0 bridgehead atoms. The van der Waals surface area contributed by atoms with Crippen molar-refractivity contribution >= 4 is 66.6 Å². The zero-order valence-electron chi connectivity index (χ0n) is 28.9. The van der Waals surface area contributed by atoms with Gasteiger partial charge in [0, 0.05) is 38.9 Å². The largest absolute Gasteiger partial charge is 0.455 e. The normalized spacial score (nSPS) is 12.3. The van der Waals surface area contributed by atoms with Crippen LogP contribution < -0.4 is 0 Å². The first kappa shape index (κ1) is 30.8. The summed E-state index contributed by atoms with van der Waals surface area (Å²) in [5.41, 5.74) is 11.9. The number of benzene rings is 8. The minimum Gasteiger partial charge on any atom is -0.455 e. The number of fused-ring (bicyclic) bond motifs is 7. The highest BCUT2D eigenvalue weighted by atomic mass is 16.3. The van der Waals surface area contributed by atoms with E-state index >= 15 is 0 Å². The maximum absolute atomic E-state index is 6.53. The molecule has 2 aromatic heterocycles. The Morgan fingerprint density at radius 2 is 1.04 bits per heavy atom. The first-order valence-electron chi connectivity index (χ1n) is 18.0.